The number of hydrogen-bond acceptors (Lipinski definition) is 4. The van der Waals surface area contributed by atoms with Crippen molar-refractivity contribution in [3.05, 3.63) is 22.7 Å². The van der Waals surface area contributed by atoms with Gasteiger partial charge in [0.25, 0.3) is 0 Å². The quantitative estimate of drug-likeness (QED) is 0.776. The van der Waals surface area contributed by atoms with E-state index < -0.39 is 10.0 Å². The molecule has 0 spiro atoms. The lowest BCUT2D eigenvalue weighted by Gasteiger charge is -2.30. The van der Waals surface area contributed by atoms with Crippen molar-refractivity contribution in [1.82, 2.24) is 14.3 Å². The Balaban J connectivity index is 2.23. The second-order valence-corrected chi connectivity index (χ2v) is 7.02. The Morgan fingerprint density at radius 1 is 1.44 bits per heavy atom. The summed E-state index contributed by atoms with van der Waals surface area (Å²) in [6.07, 6.45) is 2.96. The van der Waals surface area contributed by atoms with Crippen LogP contribution < -0.4 is 0 Å². The van der Waals surface area contributed by atoms with Crippen molar-refractivity contribution >= 4 is 21.6 Å². The topological polar surface area (TPSA) is 63.2 Å². The molecule has 0 aliphatic carbocycles. The van der Waals surface area contributed by atoms with Gasteiger partial charge in [-0.3, -0.25) is 0 Å². The molecule has 0 bridgehead atoms. The van der Waals surface area contributed by atoms with Gasteiger partial charge in [0.15, 0.2) is 0 Å². The highest BCUT2D eigenvalue weighted by atomic mass is 35.5. The predicted octanol–water partition coefficient (Wildman–Crippen LogP) is 1.58. The highest BCUT2D eigenvalue weighted by Crippen LogP contribution is 2.26. The standard InChI is InChI=1S/C11H16ClN3O2S/c1-8-6-10(12)14-11(13-8)9-4-3-5-15(7-9)18(2,16)17/h6,9H,3-5,7H2,1-2H3/t9-/m0/s1. The van der Waals surface area contributed by atoms with Gasteiger partial charge in [-0.05, 0) is 25.8 Å². The Hall–Kier alpha value is -0.720. The number of piperidine rings is 1. The smallest absolute Gasteiger partial charge is 0.211 e. The third kappa shape index (κ3) is 3.18. The fraction of sp³-hybridized carbons (Fsp3) is 0.636. The van der Waals surface area contributed by atoms with Crippen molar-refractivity contribution in [2.24, 2.45) is 0 Å². The SMILES string of the molecule is Cc1cc(Cl)nc([C@H]2CCCN(S(C)(=O)=O)C2)n1. The lowest BCUT2D eigenvalue weighted by Crippen LogP contribution is -2.38. The second kappa shape index (κ2) is 5.11. The number of aromatic nitrogens is 2. The molecule has 1 fully saturated rings. The van der Waals surface area contributed by atoms with E-state index in [9.17, 15) is 8.42 Å². The summed E-state index contributed by atoms with van der Waals surface area (Å²) in [7, 11) is -3.14. The van der Waals surface area contributed by atoms with Crippen molar-refractivity contribution in [3.8, 4) is 0 Å². The van der Waals surface area contributed by atoms with Gasteiger partial charge in [0.05, 0.1) is 6.26 Å². The molecule has 2 heterocycles. The molecular weight excluding hydrogens is 274 g/mol. The van der Waals surface area contributed by atoms with Gasteiger partial charge in [-0.1, -0.05) is 11.6 Å². The molecule has 1 aromatic heterocycles. The van der Waals surface area contributed by atoms with Crippen LogP contribution >= 0.6 is 11.6 Å². The molecule has 0 radical (unpaired) electrons. The van der Waals surface area contributed by atoms with Gasteiger partial charge in [-0.15, -0.1) is 0 Å². The first kappa shape index (κ1) is 13.7. The molecule has 0 aromatic carbocycles. The largest absolute Gasteiger partial charge is 0.238 e. The van der Waals surface area contributed by atoms with Crippen molar-refractivity contribution in [2.45, 2.75) is 25.7 Å². The van der Waals surface area contributed by atoms with E-state index in [1.807, 2.05) is 6.92 Å². The molecule has 0 N–H and O–H groups in total. The van der Waals surface area contributed by atoms with Crippen LogP contribution in [0.4, 0.5) is 0 Å². The van der Waals surface area contributed by atoms with Crippen LogP contribution in [0, 0.1) is 6.92 Å². The summed E-state index contributed by atoms with van der Waals surface area (Å²) in [4.78, 5) is 8.56. The van der Waals surface area contributed by atoms with Gasteiger partial charge in [-0.2, -0.15) is 0 Å². The Kier molecular flexibility index (Phi) is 3.89. The molecule has 100 valence electrons. The first-order chi connectivity index (χ1) is 8.36. The summed E-state index contributed by atoms with van der Waals surface area (Å²) >= 11 is 5.91. The summed E-state index contributed by atoms with van der Waals surface area (Å²) in [5, 5.41) is 0.411. The van der Waals surface area contributed by atoms with Crippen molar-refractivity contribution in [1.29, 1.82) is 0 Å². The fourth-order valence-electron chi connectivity index (χ4n) is 2.19. The van der Waals surface area contributed by atoms with Gasteiger partial charge >= 0.3 is 0 Å². The van der Waals surface area contributed by atoms with Gasteiger partial charge < -0.3 is 0 Å². The fourth-order valence-corrected chi connectivity index (χ4v) is 3.34. The molecule has 1 aromatic rings. The van der Waals surface area contributed by atoms with E-state index in [4.69, 9.17) is 11.6 Å². The number of rotatable bonds is 2. The van der Waals surface area contributed by atoms with Crippen LogP contribution in [0.2, 0.25) is 5.15 Å². The van der Waals surface area contributed by atoms with Crippen molar-refractivity contribution < 1.29 is 8.42 Å². The monoisotopic (exact) mass is 289 g/mol. The summed E-state index contributed by atoms with van der Waals surface area (Å²) in [5.41, 5.74) is 0.807. The van der Waals surface area contributed by atoms with Crippen molar-refractivity contribution in [2.75, 3.05) is 19.3 Å². The average Bonchev–Trinajstić information content (AvgIpc) is 2.27. The minimum atomic E-state index is -3.14. The van der Waals surface area contributed by atoms with Crippen molar-refractivity contribution in [3.63, 3.8) is 0 Å². The molecule has 5 nitrogen and oxygen atoms in total. The maximum Gasteiger partial charge on any atom is 0.211 e. The molecule has 7 heteroatoms. The van der Waals surface area contributed by atoms with Crippen LogP contribution in [-0.4, -0.2) is 42.0 Å². The second-order valence-electron chi connectivity index (χ2n) is 4.65. The molecule has 1 atom stereocenters. The maximum atomic E-state index is 11.6. The molecular formula is C11H16ClN3O2S. The third-order valence-corrected chi connectivity index (χ3v) is 4.52. The molecule has 2 rings (SSSR count). The first-order valence-corrected chi connectivity index (χ1v) is 8.05. The zero-order valence-corrected chi connectivity index (χ0v) is 12.0. The average molecular weight is 290 g/mol. The van der Waals surface area contributed by atoms with Crippen LogP contribution in [0.5, 0.6) is 0 Å². The van der Waals surface area contributed by atoms with E-state index in [2.05, 4.69) is 9.97 Å². The number of hydrogen-bond donors (Lipinski definition) is 0. The van der Waals surface area contributed by atoms with Gasteiger partial charge in [0.2, 0.25) is 10.0 Å². The zero-order chi connectivity index (χ0) is 13.3. The van der Waals surface area contributed by atoms with Gasteiger partial charge in [0.1, 0.15) is 11.0 Å². The minimum Gasteiger partial charge on any atom is -0.238 e. The summed E-state index contributed by atoms with van der Waals surface area (Å²) in [6, 6.07) is 1.70. The number of nitrogens with zero attached hydrogens (tertiary/aromatic N) is 3. The van der Waals surface area contributed by atoms with Crippen LogP contribution in [0.15, 0.2) is 6.07 Å². The van der Waals surface area contributed by atoms with E-state index in [1.54, 1.807) is 6.07 Å². The lowest BCUT2D eigenvalue weighted by molar-refractivity contribution is 0.311. The number of halogens is 1. The third-order valence-electron chi connectivity index (χ3n) is 3.06. The normalized spacial score (nSPS) is 22.1. The van der Waals surface area contributed by atoms with E-state index in [0.717, 1.165) is 18.5 Å². The Morgan fingerprint density at radius 2 is 2.17 bits per heavy atom. The number of aryl methyl sites for hydroxylation is 1. The van der Waals surface area contributed by atoms with E-state index >= 15 is 0 Å². The highest BCUT2D eigenvalue weighted by molar-refractivity contribution is 7.88. The Labute approximate surface area is 112 Å². The molecule has 1 saturated heterocycles. The maximum absolute atomic E-state index is 11.6. The van der Waals surface area contributed by atoms with Crippen LogP contribution in [0.3, 0.4) is 0 Å². The summed E-state index contributed by atoms with van der Waals surface area (Å²) in [6.45, 7) is 2.88. The Bertz CT molecular complexity index is 527. The van der Waals surface area contributed by atoms with Gasteiger partial charge in [-0.25, -0.2) is 22.7 Å². The molecule has 1 aliphatic rings. The summed E-state index contributed by atoms with van der Waals surface area (Å²) in [5.74, 6) is 0.680. The van der Waals surface area contributed by atoms with E-state index in [-0.39, 0.29) is 5.92 Å². The van der Waals surface area contributed by atoms with Crippen LogP contribution in [-0.2, 0) is 10.0 Å². The van der Waals surface area contributed by atoms with Crippen LogP contribution in [0.1, 0.15) is 30.3 Å². The lowest BCUT2D eigenvalue weighted by atomic mass is 9.99. The van der Waals surface area contributed by atoms with Crippen LogP contribution in [0.25, 0.3) is 0 Å². The molecule has 1 aliphatic heterocycles. The number of sulfonamides is 1. The summed E-state index contributed by atoms with van der Waals surface area (Å²) < 4.78 is 24.6. The first-order valence-electron chi connectivity index (χ1n) is 5.82. The predicted molar refractivity (Wildman–Crippen MR) is 70.2 cm³/mol. The van der Waals surface area contributed by atoms with E-state index in [0.29, 0.717) is 24.1 Å². The molecule has 0 amide bonds. The minimum absolute atomic E-state index is 0.0332. The van der Waals surface area contributed by atoms with E-state index in [1.165, 1.54) is 10.6 Å². The zero-order valence-electron chi connectivity index (χ0n) is 10.4. The highest BCUT2D eigenvalue weighted by Gasteiger charge is 2.28. The molecule has 0 saturated carbocycles. The molecule has 18 heavy (non-hydrogen) atoms. The van der Waals surface area contributed by atoms with Gasteiger partial charge in [0, 0.05) is 24.7 Å². The molecule has 0 unspecified atom stereocenters. The Morgan fingerprint density at radius 3 is 2.78 bits per heavy atom.